The summed E-state index contributed by atoms with van der Waals surface area (Å²) in [6, 6.07) is 5.31. The molecule has 0 aliphatic rings. The molecule has 0 spiro atoms. The standard InChI is InChI=1S/C12H11NO2/c1-7-3-4-9(12(14)15)11-10(7)8(2)5-6-13-11/h3-6H,1-2H3,(H,14,15). The van der Waals surface area contributed by atoms with Crippen molar-refractivity contribution < 1.29 is 9.90 Å². The van der Waals surface area contributed by atoms with Crippen LogP contribution in [0.2, 0.25) is 0 Å². The molecule has 0 fully saturated rings. The summed E-state index contributed by atoms with van der Waals surface area (Å²) in [5.74, 6) is -0.932. The minimum Gasteiger partial charge on any atom is -0.478 e. The van der Waals surface area contributed by atoms with Crippen LogP contribution in [0.25, 0.3) is 10.9 Å². The number of carboxylic acid groups (broad SMARTS) is 1. The van der Waals surface area contributed by atoms with E-state index in [0.29, 0.717) is 5.52 Å². The molecule has 0 aliphatic carbocycles. The first-order valence-corrected chi connectivity index (χ1v) is 4.69. The van der Waals surface area contributed by atoms with E-state index < -0.39 is 5.97 Å². The fraction of sp³-hybridized carbons (Fsp3) is 0.167. The maximum Gasteiger partial charge on any atom is 0.337 e. The second-order valence-electron chi connectivity index (χ2n) is 3.59. The molecule has 0 radical (unpaired) electrons. The summed E-state index contributed by atoms with van der Waals surface area (Å²) in [6.45, 7) is 3.92. The van der Waals surface area contributed by atoms with Crippen LogP contribution in [-0.4, -0.2) is 16.1 Å². The molecule has 0 saturated heterocycles. The molecule has 0 bridgehead atoms. The largest absolute Gasteiger partial charge is 0.478 e. The van der Waals surface area contributed by atoms with E-state index in [2.05, 4.69) is 4.98 Å². The van der Waals surface area contributed by atoms with E-state index in [0.717, 1.165) is 16.5 Å². The molecule has 0 amide bonds. The van der Waals surface area contributed by atoms with Crippen molar-refractivity contribution in [1.82, 2.24) is 4.98 Å². The van der Waals surface area contributed by atoms with Gasteiger partial charge in [0.05, 0.1) is 11.1 Å². The van der Waals surface area contributed by atoms with Crippen molar-refractivity contribution in [3.05, 3.63) is 41.1 Å². The van der Waals surface area contributed by atoms with Crippen LogP contribution < -0.4 is 0 Å². The predicted octanol–water partition coefficient (Wildman–Crippen LogP) is 2.55. The van der Waals surface area contributed by atoms with Crippen molar-refractivity contribution in [2.75, 3.05) is 0 Å². The SMILES string of the molecule is Cc1ccnc2c(C(=O)O)ccc(C)c12. The Bertz CT molecular complexity index is 538. The maximum absolute atomic E-state index is 11.0. The summed E-state index contributed by atoms with van der Waals surface area (Å²) >= 11 is 0. The Kier molecular flexibility index (Phi) is 2.15. The zero-order valence-corrected chi connectivity index (χ0v) is 8.61. The number of carboxylic acids is 1. The predicted molar refractivity (Wildman–Crippen MR) is 58.2 cm³/mol. The second kappa shape index (κ2) is 3.35. The highest BCUT2D eigenvalue weighted by molar-refractivity contribution is 6.03. The highest BCUT2D eigenvalue weighted by atomic mass is 16.4. The van der Waals surface area contributed by atoms with Gasteiger partial charge in [-0.15, -0.1) is 0 Å². The summed E-state index contributed by atoms with van der Waals surface area (Å²) < 4.78 is 0. The normalized spacial score (nSPS) is 10.5. The summed E-state index contributed by atoms with van der Waals surface area (Å²) in [5, 5.41) is 9.97. The van der Waals surface area contributed by atoms with Crippen molar-refractivity contribution in [1.29, 1.82) is 0 Å². The lowest BCUT2D eigenvalue weighted by molar-refractivity contribution is 0.0699. The van der Waals surface area contributed by atoms with Crippen molar-refractivity contribution >= 4 is 16.9 Å². The lowest BCUT2D eigenvalue weighted by atomic mass is 10.0. The second-order valence-corrected chi connectivity index (χ2v) is 3.59. The Labute approximate surface area is 87.4 Å². The minimum absolute atomic E-state index is 0.263. The number of hydrogen-bond donors (Lipinski definition) is 1. The lowest BCUT2D eigenvalue weighted by Crippen LogP contribution is -2.00. The van der Waals surface area contributed by atoms with Crippen LogP contribution >= 0.6 is 0 Å². The van der Waals surface area contributed by atoms with Gasteiger partial charge in [-0.2, -0.15) is 0 Å². The van der Waals surface area contributed by atoms with Gasteiger partial charge in [0.2, 0.25) is 0 Å². The Morgan fingerprint density at radius 2 is 1.87 bits per heavy atom. The first-order valence-electron chi connectivity index (χ1n) is 4.69. The number of nitrogens with zero attached hydrogens (tertiary/aromatic N) is 1. The number of pyridine rings is 1. The fourth-order valence-corrected chi connectivity index (χ4v) is 1.80. The molecule has 0 aliphatic heterocycles. The van der Waals surface area contributed by atoms with Gasteiger partial charge < -0.3 is 5.11 Å². The third kappa shape index (κ3) is 1.46. The minimum atomic E-state index is -0.932. The Balaban J connectivity index is 2.95. The lowest BCUT2D eigenvalue weighted by Gasteiger charge is -2.07. The van der Waals surface area contributed by atoms with E-state index in [4.69, 9.17) is 5.11 Å². The molecule has 1 aromatic heterocycles. The van der Waals surface area contributed by atoms with E-state index in [1.165, 1.54) is 0 Å². The topological polar surface area (TPSA) is 50.2 Å². The number of benzene rings is 1. The molecule has 3 heteroatoms. The Morgan fingerprint density at radius 1 is 1.20 bits per heavy atom. The maximum atomic E-state index is 11.0. The van der Waals surface area contributed by atoms with Crippen molar-refractivity contribution in [3.8, 4) is 0 Å². The molecule has 0 saturated carbocycles. The number of aromatic nitrogens is 1. The van der Waals surface area contributed by atoms with Crippen LogP contribution in [0.4, 0.5) is 0 Å². The van der Waals surface area contributed by atoms with Crippen molar-refractivity contribution in [2.24, 2.45) is 0 Å². The van der Waals surface area contributed by atoms with Gasteiger partial charge in [0.1, 0.15) is 0 Å². The summed E-state index contributed by atoms with van der Waals surface area (Å²) in [4.78, 5) is 15.1. The Morgan fingerprint density at radius 3 is 2.53 bits per heavy atom. The smallest absolute Gasteiger partial charge is 0.337 e. The van der Waals surface area contributed by atoms with Crippen molar-refractivity contribution in [2.45, 2.75) is 13.8 Å². The van der Waals surface area contributed by atoms with E-state index in [9.17, 15) is 4.79 Å². The summed E-state index contributed by atoms with van der Waals surface area (Å²) in [5.41, 5.74) is 2.95. The quantitative estimate of drug-likeness (QED) is 0.771. The van der Waals surface area contributed by atoms with Crippen LogP contribution in [0, 0.1) is 13.8 Å². The first kappa shape index (κ1) is 9.65. The van der Waals surface area contributed by atoms with Gasteiger partial charge in [-0.05, 0) is 37.1 Å². The van der Waals surface area contributed by atoms with Crippen molar-refractivity contribution in [3.63, 3.8) is 0 Å². The average Bonchev–Trinajstić information content (AvgIpc) is 2.17. The van der Waals surface area contributed by atoms with Gasteiger partial charge in [-0.1, -0.05) is 6.07 Å². The van der Waals surface area contributed by atoms with E-state index in [1.807, 2.05) is 26.0 Å². The van der Waals surface area contributed by atoms with Crippen LogP contribution in [0.3, 0.4) is 0 Å². The summed E-state index contributed by atoms with van der Waals surface area (Å²) in [7, 11) is 0. The third-order valence-electron chi connectivity index (χ3n) is 2.54. The van der Waals surface area contributed by atoms with E-state index in [-0.39, 0.29) is 5.56 Å². The van der Waals surface area contributed by atoms with E-state index >= 15 is 0 Å². The van der Waals surface area contributed by atoms with Gasteiger partial charge in [0, 0.05) is 11.6 Å². The van der Waals surface area contributed by atoms with E-state index in [1.54, 1.807) is 12.3 Å². The molecule has 3 nitrogen and oxygen atoms in total. The molecule has 76 valence electrons. The molecule has 2 aromatic rings. The highest BCUT2D eigenvalue weighted by Crippen LogP contribution is 2.23. The number of hydrogen-bond acceptors (Lipinski definition) is 2. The van der Waals surface area contributed by atoms with Gasteiger partial charge in [0.15, 0.2) is 0 Å². The Hall–Kier alpha value is -1.90. The fourth-order valence-electron chi connectivity index (χ4n) is 1.80. The third-order valence-corrected chi connectivity index (χ3v) is 2.54. The number of rotatable bonds is 1. The number of carbonyl (C=O) groups is 1. The van der Waals surface area contributed by atoms with Gasteiger partial charge in [-0.25, -0.2) is 4.79 Å². The molecule has 1 N–H and O–H groups in total. The van der Waals surface area contributed by atoms with Crippen LogP contribution in [0.15, 0.2) is 24.4 Å². The van der Waals surface area contributed by atoms with Crippen LogP contribution in [0.1, 0.15) is 21.5 Å². The van der Waals surface area contributed by atoms with Gasteiger partial charge >= 0.3 is 5.97 Å². The molecule has 1 heterocycles. The molecular weight excluding hydrogens is 190 g/mol. The molecule has 0 atom stereocenters. The highest BCUT2D eigenvalue weighted by Gasteiger charge is 2.11. The number of aromatic carboxylic acids is 1. The van der Waals surface area contributed by atoms with Gasteiger partial charge in [-0.3, -0.25) is 4.98 Å². The number of aryl methyl sites for hydroxylation is 2. The van der Waals surface area contributed by atoms with Crippen LogP contribution in [-0.2, 0) is 0 Å². The van der Waals surface area contributed by atoms with Gasteiger partial charge in [0.25, 0.3) is 0 Å². The zero-order chi connectivity index (χ0) is 11.0. The molecule has 2 rings (SSSR count). The van der Waals surface area contributed by atoms with Crippen LogP contribution in [0.5, 0.6) is 0 Å². The average molecular weight is 201 g/mol. The zero-order valence-electron chi connectivity index (χ0n) is 8.61. The molecular formula is C12H11NO2. The molecule has 15 heavy (non-hydrogen) atoms. The molecule has 1 aromatic carbocycles. The number of fused-ring (bicyclic) bond motifs is 1. The summed E-state index contributed by atoms with van der Waals surface area (Å²) in [6.07, 6.45) is 1.64. The molecule has 0 unspecified atom stereocenters. The monoisotopic (exact) mass is 201 g/mol. The first-order chi connectivity index (χ1) is 7.11.